The van der Waals surface area contributed by atoms with Crippen LogP contribution in [0.5, 0.6) is 0 Å². The van der Waals surface area contributed by atoms with Crippen LogP contribution in [-0.4, -0.2) is 11.0 Å². The van der Waals surface area contributed by atoms with Gasteiger partial charge < -0.3 is 10.4 Å². The lowest BCUT2D eigenvalue weighted by molar-refractivity contribution is -0.122. The minimum Gasteiger partial charge on any atom is -0.392 e. The standard InChI is InChI=1S/C18H17F2NO2/c19-16-6-2-5-13(17(16)20)14-8-15(14)18(23)21-9-11-3-1-4-12(7-11)10-22/h1-7,14-15,22H,8-10H2,(H,21,23)/t14-,15-/m0/s1. The molecule has 2 N–H and O–H groups in total. The number of amides is 1. The van der Waals surface area contributed by atoms with Gasteiger partial charge in [-0.1, -0.05) is 36.4 Å². The molecule has 0 radical (unpaired) electrons. The summed E-state index contributed by atoms with van der Waals surface area (Å²) >= 11 is 0. The van der Waals surface area contributed by atoms with Crippen molar-refractivity contribution in [3.05, 3.63) is 70.8 Å². The third-order valence-electron chi connectivity index (χ3n) is 4.15. The van der Waals surface area contributed by atoms with Crippen LogP contribution >= 0.6 is 0 Å². The van der Waals surface area contributed by atoms with Gasteiger partial charge in [0.2, 0.25) is 5.91 Å². The van der Waals surface area contributed by atoms with Gasteiger partial charge in [0.15, 0.2) is 11.6 Å². The molecule has 1 aliphatic carbocycles. The Bertz CT molecular complexity index is 733. The summed E-state index contributed by atoms with van der Waals surface area (Å²) in [7, 11) is 0. The molecule has 0 heterocycles. The van der Waals surface area contributed by atoms with E-state index in [0.717, 1.165) is 17.2 Å². The largest absolute Gasteiger partial charge is 0.392 e. The van der Waals surface area contributed by atoms with E-state index in [1.165, 1.54) is 12.1 Å². The van der Waals surface area contributed by atoms with E-state index in [0.29, 0.717) is 13.0 Å². The monoisotopic (exact) mass is 317 g/mol. The average molecular weight is 317 g/mol. The van der Waals surface area contributed by atoms with Crippen molar-refractivity contribution in [1.29, 1.82) is 0 Å². The molecular formula is C18H17F2NO2. The maximum atomic E-state index is 13.7. The van der Waals surface area contributed by atoms with Crippen LogP contribution in [0.4, 0.5) is 8.78 Å². The van der Waals surface area contributed by atoms with Crippen LogP contribution in [0.25, 0.3) is 0 Å². The molecule has 1 saturated carbocycles. The van der Waals surface area contributed by atoms with E-state index < -0.39 is 11.6 Å². The van der Waals surface area contributed by atoms with Gasteiger partial charge in [-0.05, 0) is 35.1 Å². The summed E-state index contributed by atoms with van der Waals surface area (Å²) in [4.78, 5) is 12.1. The smallest absolute Gasteiger partial charge is 0.224 e. The zero-order chi connectivity index (χ0) is 16.4. The number of aliphatic hydroxyl groups excluding tert-OH is 1. The van der Waals surface area contributed by atoms with Crippen LogP contribution in [0.2, 0.25) is 0 Å². The first kappa shape index (κ1) is 15.6. The minimum atomic E-state index is -0.880. The number of halogens is 2. The lowest BCUT2D eigenvalue weighted by Crippen LogP contribution is -2.25. The van der Waals surface area contributed by atoms with Crippen LogP contribution in [0.3, 0.4) is 0 Å². The van der Waals surface area contributed by atoms with Gasteiger partial charge in [-0.3, -0.25) is 4.79 Å². The van der Waals surface area contributed by atoms with Gasteiger partial charge in [0.1, 0.15) is 0 Å². The summed E-state index contributed by atoms with van der Waals surface area (Å²) < 4.78 is 27.0. The second-order valence-electron chi connectivity index (χ2n) is 5.79. The van der Waals surface area contributed by atoms with Gasteiger partial charge >= 0.3 is 0 Å². The number of carbonyl (C=O) groups is 1. The average Bonchev–Trinajstić information content (AvgIpc) is 3.36. The number of hydrogen-bond donors (Lipinski definition) is 2. The van der Waals surface area contributed by atoms with Crippen molar-refractivity contribution in [3.8, 4) is 0 Å². The quantitative estimate of drug-likeness (QED) is 0.891. The minimum absolute atomic E-state index is 0.0503. The topological polar surface area (TPSA) is 49.3 Å². The molecule has 23 heavy (non-hydrogen) atoms. The van der Waals surface area contributed by atoms with E-state index in [2.05, 4.69) is 5.32 Å². The molecule has 120 valence electrons. The number of carbonyl (C=O) groups excluding carboxylic acids is 1. The highest BCUT2D eigenvalue weighted by Gasteiger charge is 2.45. The highest BCUT2D eigenvalue weighted by Crippen LogP contribution is 2.48. The number of hydrogen-bond acceptors (Lipinski definition) is 2. The lowest BCUT2D eigenvalue weighted by atomic mass is 10.1. The van der Waals surface area contributed by atoms with Crippen molar-refractivity contribution < 1.29 is 18.7 Å². The lowest BCUT2D eigenvalue weighted by Gasteiger charge is -2.07. The Labute approximate surface area is 133 Å². The van der Waals surface area contributed by atoms with Crippen LogP contribution < -0.4 is 5.32 Å². The van der Waals surface area contributed by atoms with Crippen molar-refractivity contribution in [3.63, 3.8) is 0 Å². The summed E-state index contributed by atoms with van der Waals surface area (Å²) in [6, 6.07) is 11.4. The Morgan fingerprint density at radius 3 is 2.70 bits per heavy atom. The molecule has 0 unspecified atom stereocenters. The second-order valence-corrected chi connectivity index (χ2v) is 5.79. The molecule has 2 aromatic rings. The molecule has 1 amide bonds. The second kappa shape index (κ2) is 6.46. The Kier molecular flexibility index (Phi) is 4.39. The molecule has 0 bridgehead atoms. The summed E-state index contributed by atoms with van der Waals surface area (Å²) in [6.07, 6.45) is 0.531. The number of benzene rings is 2. The molecule has 2 atom stereocenters. The van der Waals surface area contributed by atoms with Crippen LogP contribution in [0, 0.1) is 17.6 Å². The summed E-state index contributed by atoms with van der Waals surface area (Å²) in [5.41, 5.74) is 1.94. The van der Waals surface area contributed by atoms with Crippen molar-refractivity contribution in [2.75, 3.05) is 0 Å². The van der Waals surface area contributed by atoms with Gasteiger partial charge in [0.05, 0.1) is 6.61 Å². The summed E-state index contributed by atoms with van der Waals surface area (Å²) in [5.74, 6) is -2.47. The first-order valence-corrected chi connectivity index (χ1v) is 7.50. The molecule has 0 aromatic heterocycles. The fourth-order valence-corrected chi connectivity index (χ4v) is 2.79. The molecule has 2 aromatic carbocycles. The maximum absolute atomic E-state index is 13.7. The molecule has 5 heteroatoms. The molecule has 0 saturated heterocycles. The van der Waals surface area contributed by atoms with Crippen molar-refractivity contribution in [1.82, 2.24) is 5.32 Å². The van der Waals surface area contributed by atoms with Gasteiger partial charge in [0.25, 0.3) is 0 Å². The third-order valence-corrected chi connectivity index (χ3v) is 4.15. The van der Waals surface area contributed by atoms with E-state index in [1.54, 1.807) is 6.07 Å². The molecule has 0 spiro atoms. The van der Waals surface area contributed by atoms with Gasteiger partial charge in [-0.15, -0.1) is 0 Å². The van der Waals surface area contributed by atoms with Gasteiger partial charge in [-0.2, -0.15) is 0 Å². The molecular weight excluding hydrogens is 300 g/mol. The number of aliphatic hydroxyl groups is 1. The molecule has 1 fully saturated rings. The Morgan fingerprint density at radius 2 is 1.91 bits per heavy atom. The third kappa shape index (κ3) is 3.40. The van der Waals surface area contributed by atoms with Crippen LogP contribution in [0.15, 0.2) is 42.5 Å². The van der Waals surface area contributed by atoms with Crippen LogP contribution in [-0.2, 0) is 17.9 Å². The van der Waals surface area contributed by atoms with E-state index in [4.69, 9.17) is 5.11 Å². The molecule has 0 aliphatic heterocycles. The molecule has 3 nitrogen and oxygen atoms in total. The predicted octanol–water partition coefficient (Wildman–Crippen LogP) is 2.88. The fourth-order valence-electron chi connectivity index (χ4n) is 2.79. The van der Waals surface area contributed by atoms with E-state index in [-0.39, 0.29) is 29.9 Å². The van der Waals surface area contributed by atoms with Crippen molar-refractivity contribution in [2.45, 2.75) is 25.5 Å². The van der Waals surface area contributed by atoms with E-state index >= 15 is 0 Å². The fraction of sp³-hybridized carbons (Fsp3) is 0.278. The molecule has 1 aliphatic rings. The van der Waals surface area contributed by atoms with E-state index in [9.17, 15) is 13.6 Å². The zero-order valence-corrected chi connectivity index (χ0v) is 12.4. The number of nitrogens with one attached hydrogen (secondary N) is 1. The van der Waals surface area contributed by atoms with Crippen molar-refractivity contribution in [2.24, 2.45) is 5.92 Å². The number of rotatable bonds is 5. The van der Waals surface area contributed by atoms with Gasteiger partial charge in [-0.25, -0.2) is 8.78 Å². The van der Waals surface area contributed by atoms with Crippen LogP contribution in [0.1, 0.15) is 29.0 Å². The molecule has 3 rings (SSSR count). The summed E-state index contributed by atoms with van der Waals surface area (Å²) in [6.45, 7) is 0.298. The van der Waals surface area contributed by atoms with Gasteiger partial charge in [0, 0.05) is 12.5 Å². The Hall–Kier alpha value is -2.27. The SMILES string of the molecule is O=C(NCc1cccc(CO)c1)[C@H]1C[C@H]1c1cccc(F)c1F. The first-order chi connectivity index (χ1) is 11.1. The predicted molar refractivity (Wildman–Crippen MR) is 81.4 cm³/mol. The highest BCUT2D eigenvalue weighted by atomic mass is 19.2. The Balaban J connectivity index is 1.59. The zero-order valence-electron chi connectivity index (χ0n) is 12.4. The highest BCUT2D eigenvalue weighted by molar-refractivity contribution is 5.82. The first-order valence-electron chi connectivity index (χ1n) is 7.50. The maximum Gasteiger partial charge on any atom is 0.224 e. The van der Waals surface area contributed by atoms with Crippen molar-refractivity contribution >= 4 is 5.91 Å². The summed E-state index contributed by atoms with van der Waals surface area (Å²) in [5, 5.41) is 11.9. The Morgan fingerprint density at radius 1 is 1.17 bits per heavy atom. The van der Waals surface area contributed by atoms with E-state index in [1.807, 2.05) is 18.2 Å². The normalized spacial score (nSPS) is 19.4.